The maximum Gasteiger partial charge on any atom is 0.0965 e. The van der Waals surface area contributed by atoms with E-state index in [1.807, 2.05) is 6.92 Å². The summed E-state index contributed by atoms with van der Waals surface area (Å²) >= 11 is 0. The molecule has 0 aromatic heterocycles. The fraction of sp³-hybridized carbons (Fsp3) is 0.571. The molecule has 0 unspecified atom stereocenters. The summed E-state index contributed by atoms with van der Waals surface area (Å²) in [4.78, 5) is 0. The van der Waals surface area contributed by atoms with Gasteiger partial charge in [-0.15, -0.1) is 0 Å². The second-order valence-electron chi connectivity index (χ2n) is 2.02. The number of rotatable bonds is 2. The lowest BCUT2D eigenvalue weighted by Crippen LogP contribution is -1.96. The Labute approximate surface area is 56.0 Å². The number of hydrogen-bond donors (Lipinski definition) is 1. The maximum absolute atomic E-state index is 8.44. The Balaban J connectivity index is 4.04. The van der Waals surface area contributed by atoms with Crippen LogP contribution in [0.25, 0.3) is 0 Å². The zero-order chi connectivity index (χ0) is 7.28. The summed E-state index contributed by atoms with van der Waals surface area (Å²) in [6.07, 6.45) is 1.79. The molecule has 0 heterocycles. The molecule has 0 aliphatic heterocycles. The minimum atomic E-state index is 0.652. The second kappa shape index (κ2) is 3.96. The molecular weight excluding hydrogens is 112 g/mol. The summed E-state index contributed by atoms with van der Waals surface area (Å²) in [7, 11) is 0. The lowest BCUT2D eigenvalue weighted by molar-refractivity contribution is 0.912. The van der Waals surface area contributed by atoms with Crippen LogP contribution in [0.5, 0.6) is 0 Å². The fourth-order valence-corrected chi connectivity index (χ4v) is 0.591. The number of nitrogens with zero attached hydrogens (tertiary/aromatic N) is 1. The molecule has 0 saturated carbocycles. The van der Waals surface area contributed by atoms with Crippen LogP contribution in [0.1, 0.15) is 26.7 Å². The SMILES string of the molecule is CCC/C(C#N)=C(\C)N. The van der Waals surface area contributed by atoms with Crippen LogP contribution in [0.15, 0.2) is 11.3 Å². The van der Waals surface area contributed by atoms with E-state index < -0.39 is 0 Å². The van der Waals surface area contributed by atoms with Crippen LogP contribution in [0.3, 0.4) is 0 Å². The number of nitriles is 1. The van der Waals surface area contributed by atoms with Gasteiger partial charge in [-0.3, -0.25) is 0 Å². The van der Waals surface area contributed by atoms with Crippen molar-refractivity contribution in [1.29, 1.82) is 5.26 Å². The van der Waals surface area contributed by atoms with Crippen molar-refractivity contribution in [1.82, 2.24) is 0 Å². The molecule has 50 valence electrons. The first-order valence-electron chi connectivity index (χ1n) is 3.07. The lowest BCUT2D eigenvalue weighted by Gasteiger charge is -1.95. The number of nitrogens with two attached hydrogens (primary N) is 1. The Kier molecular flexibility index (Phi) is 3.54. The fourth-order valence-electron chi connectivity index (χ4n) is 0.591. The molecular formula is C7H12N2. The van der Waals surface area contributed by atoms with Gasteiger partial charge in [0, 0.05) is 11.3 Å². The van der Waals surface area contributed by atoms with Crippen LogP contribution in [0.2, 0.25) is 0 Å². The van der Waals surface area contributed by atoms with Crippen molar-refractivity contribution in [3.63, 3.8) is 0 Å². The van der Waals surface area contributed by atoms with Crippen molar-refractivity contribution >= 4 is 0 Å². The Bertz CT molecular complexity index is 147. The summed E-state index contributed by atoms with van der Waals surface area (Å²) in [5, 5.41) is 8.44. The molecule has 0 aliphatic rings. The van der Waals surface area contributed by atoms with Crippen LogP contribution in [0, 0.1) is 11.3 Å². The van der Waals surface area contributed by atoms with Crippen LogP contribution in [-0.4, -0.2) is 0 Å². The lowest BCUT2D eigenvalue weighted by atomic mass is 10.1. The Morgan fingerprint density at radius 1 is 1.67 bits per heavy atom. The topological polar surface area (TPSA) is 49.8 Å². The molecule has 0 aliphatic carbocycles. The van der Waals surface area contributed by atoms with E-state index in [2.05, 4.69) is 6.07 Å². The molecule has 2 heteroatoms. The number of hydrogen-bond acceptors (Lipinski definition) is 2. The maximum atomic E-state index is 8.44. The summed E-state index contributed by atoms with van der Waals surface area (Å²) in [5.41, 5.74) is 6.76. The zero-order valence-electron chi connectivity index (χ0n) is 5.94. The predicted molar refractivity (Wildman–Crippen MR) is 37.4 cm³/mol. The Morgan fingerprint density at radius 3 is 2.33 bits per heavy atom. The van der Waals surface area contributed by atoms with E-state index in [1.54, 1.807) is 6.92 Å². The van der Waals surface area contributed by atoms with Crippen molar-refractivity contribution in [3.8, 4) is 6.07 Å². The third-order valence-corrected chi connectivity index (χ3v) is 1.11. The summed E-state index contributed by atoms with van der Waals surface area (Å²) in [6, 6.07) is 2.06. The molecule has 0 aromatic carbocycles. The highest BCUT2D eigenvalue weighted by Crippen LogP contribution is 2.04. The molecule has 0 bridgehead atoms. The van der Waals surface area contributed by atoms with E-state index in [0.717, 1.165) is 18.4 Å². The van der Waals surface area contributed by atoms with Crippen LogP contribution in [-0.2, 0) is 0 Å². The highest BCUT2D eigenvalue weighted by atomic mass is 14.6. The smallest absolute Gasteiger partial charge is 0.0965 e. The van der Waals surface area contributed by atoms with Crippen molar-refractivity contribution in [2.45, 2.75) is 26.7 Å². The average Bonchev–Trinajstić information content (AvgIpc) is 1.82. The second-order valence-corrected chi connectivity index (χ2v) is 2.02. The van der Waals surface area contributed by atoms with Crippen LogP contribution >= 0.6 is 0 Å². The predicted octanol–water partition coefficient (Wildman–Crippen LogP) is 1.54. The molecule has 0 rings (SSSR count). The van der Waals surface area contributed by atoms with Gasteiger partial charge in [0.2, 0.25) is 0 Å². The van der Waals surface area contributed by atoms with Crippen LogP contribution < -0.4 is 5.73 Å². The van der Waals surface area contributed by atoms with E-state index in [9.17, 15) is 0 Å². The van der Waals surface area contributed by atoms with Crippen molar-refractivity contribution < 1.29 is 0 Å². The van der Waals surface area contributed by atoms with E-state index in [-0.39, 0.29) is 0 Å². The highest BCUT2D eigenvalue weighted by molar-refractivity contribution is 5.24. The van der Waals surface area contributed by atoms with Gasteiger partial charge in [0.05, 0.1) is 6.07 Å². The first-order chi connectivity index (χ1) is 4.22. The summed E-state index contributed by atoms with van der Waals surface area (Å²) in [6.45, 7) is 3.79. The largest absolute Gasteiger partial charge is 0.401 e. The van der Waals surface area contributed by atoms with E-state index in [0.29, 0.717) is 5.70 Å². The van der Waals surface area contributed by atoms with E-state index in [4.69, 9.17) is 11.0 Å². The number of allylic oxidation sites excluding steroid dienone is 2. The van der Waals surface area contributed by atoms with Gasteiger partial charge in [0.1, 0.15) is 0 Å². The zero-order valence-corrected chi connectivity index (χ0v) is 5.94. The third-order valence-electron chi connectivity index (χ3n) is 1.11. The normalized spacial score (nSPS) is 12.1. The van der Waals surface area contributed by atoms with Gasteiger partial charge >= 0.3 is 0 Å². The Morgan fingerprint density at radius 2 is 2.22 bits per heavy atom. The quantitative estimate of drug-likeness (QED) is 0.568. The molecule has 0 radical (unpaired) electrons. The third kappa shape index (κ3) is 2.76. The monoisotopic (exact) mass is 124 g/mol. The minimum absolute atomic E-state index is 0.652. The summed E-state index contributed by atoms with van der Waals surface area (Å²) in [5.74, 6) is 0. The molecule has 0 spiro atoms. The van der Waals surface area contributed by atoms with Crippen LogP contribution in [0.4, 0.5) is 0 Å². The van der Waals surface area contributed by atoms with Gasteiger partial charge in [0.25, 0.3) is 0 Å². The van der Waals surface area contributed by atoms with Gasteiger partial charge in [0.15, 0.2) is 0 Å². The first kappa shape index (κ1) is 8.03. The molecule has 9 heavy (non-hydrogen) atoms. The van der Waals surface area contributed by atoms with E-state index in [1.165, 1.54) is 0 Å². The molecule has 0 aromatic rings. The van der Waals surface area contributed by atoms with Gasteiger partial charge in [-0.05, 0) is 13.3 Å². The standard InChI is InChI=1S/C7H12N2/c1-3-4-7(5-8)6(2)9/h3-4,9H2,1-2H3/b7-6-. The first-order valence-corrected chi connectivity index (χ1v) is 3.07. The molecule has 0 amide bonds. The molecule has 0 fully saturated rings. The Hall–Kier alpha value is -0.970. The molecule has 2 N–H and O–H groups in total. The van der Waals surface area contributed by atoms with Gasteiger partial charge in [-0.2, -0.15) is 5.26 Å². The summed E-state index contributed by atoms with van der Waals surface area (Å²) < 4.78 is 0. The van der Waals surface area contributed by atoms with Crippen molar-refractivity contribution in [2.24, 2.45) is 5.73 Å². The van der Waals surface area contributed by atoms with Gasteiger partial charge in [-0.1, -0.05) is 13.3 Å². The molecule has 2 nitrogen and oxygen atoms in total. The highest BCUT2D eigenvalue weighted by Gasteiger charge is 1.94. The van der Waals surface area contributed by atoms with Gasteiger partial charge < -0.3 is 5.73 Å². The van der Waals surface area contributed by atoms with Crippen molar-refractivity contribution in [3.05, 3.63) is 11.3 Å². The molecule has 0 saturated heterocycles. The van der Waals surface area contributed by atoms with Crippen molar-refractivity contribution in [2.75, 3.05) is 0 Å². The minimum Gasteiger partial charge on any atom is -0.401 e. The van der Waals surface area contributed by atoms with Gasteiger partial charge in [-0.25, -0.2) is 0 Å². The molecule has 0 atom stereocenters. The average molecular weight is 124 g/mol. The van der Waals surface area contributed by atoms with E-state index >= 15 is 0 Å².